The number of carbonyl (C=O) groups is 1. The minimum Gasteiger partial charge on any atom is -0.397 e. The molecule has 0 aliphatic heterocycles. The molecular weight excluding hydrogens is 345 g/mol. The van der Waals surface area contributed by atoms with Gasteiger partial charge in [0.1, 0.15) is 11.5 Å². The summed E-state index contributed by atoms with van der Waals surface area (Å²) in [6.45, 7) is 5.33. The lowest BCUT2D eigenvalue weighted by atomic mass is 9.96. The molecule has 1 amide bonds. The largest absolute Gasteiger partial charge is 0.397 e. The van der Waals surface area contributed by atoms with Gasteiger partial charge >= 0.3 is 0 Å². The van der Waals surface area contributed by atoms with Gasteiger partial charge in [0.2, 0.25) is 11.9 Å². The van der Waals surface area contributed by atoms with E-state index in [1.54, 1.807) is 27.0 Å². The Morgan fingerprint density at radius 2 is 2.04 bits per heavy atom. The van der Waals surface area contributed by atoms with Crippen LogP contribution in [0.3, 0.4) is 0 Å². The highest BCUT2D eigenvalue weighted by Gasteiger charge is 2.24. The number of H-pyrrole nitrogens is 1. The summed E-state index contributed by atoms with van der Waals surface area (Å²) < 4.78 is 13.7. The summed E-state index contributed by atoms with van der Waals surface area (Å²) in [5.41, 5.74) is 6.90. The normalized spacial score (nSPS) is 11.7. The van der Waals surface area contributed by atoms with E-state index in [0.717, 1.165) is 0 Å². The molecule has 130 valence electrons. The number of rotatable bonds is 2. The number of benzene rings is 1. The fraction of sp³-hybridized carbons (Fsp3) is 0.235. The van der Waals surface area contributed by atoms with Gasteiger partial charge in [-0.1, -0.05) is 32.4 Å². The monoisotopic (exact) mass is 361 g/mol. The Hall–Kier alpha value is -2.67. The van der Waals surface area contributed by atoms with Crippen LogP contribution in [0.25, 0.3) is 22.3 Å². The van der Waals surface area contributed by atoms with Crippen molar-refractivity contribution in [3.8, 4) is 11.3 Å². The molecule has 0 spiro atoms. The van der Waals surface area contributed by atoms with Crippen molar-refractivity contribution in [2.75, 3.05) is 11.1 Å². The van der Waals surface area contributed by atoms with Gasteiger partial charge in [0.05, 0.1) is 21.8 Å². The number of nitrogens with zero attached hydrogens (tertiary/aromatic N) is 2. The van der Waals surface area contributed by atoms with E-state index in [4.69, 9.17) is 17.3 Å². The molecule has 3 aromatic rings. The number of aromatic amines is 1. The summed E-state index contributed by atoms with van der Waals surface area (Å²) in [5.74, 6) is -0.618. The van der Waals surface area contributed by atoms with Gasteiger partial charge in [-0.15, -0.1) is 0 Å². The number of hydrogen-bond acceptors (Lipinski definition) is 4. The van der Waals surface area contributed by atoms with Gasteiger partial charge in [-0.25, -0.2) is 9.37 Å². The lowest BCUT2D eigenvalue weighted by Gasteiger charge is -2.17. The first-order valence-electron chi connectivity index (χ1n) is 7.58. The summed E-state index contributed by atoms with van der Waals surface area (Å²) >= 11 is 6.22. The number of fused-ring (bicyclic) bond motifs is 1. The number of aromatic nitrogens is 3. The summed E-state index contributed by atoms with van der Waals surface area (Å²) in [6, 6.07) is 3.97. The maximum absolute atomic E-state index is 13.7. The van der Waals surface area contributed by atoms with E-state index in [1.807, 2.05) is 0 Å². The molecule has 0 radical (unpaired) electrons. The van der Waals surface area contributed by atoms with E-state index in [0.29, 0.717) is 33.0 Å². The van der Waals surface area contributed by atoms with Crippen LogP contribution in [0, 0.1) is 11.2 Å². The maximum Gasteiger partial charge on any atom is 0.232 e. The van der Waals surface area contributed by atoms with Gasteiger partial charge in [-0.05, 0) is 18.2 Å². The van der Waals surface area contributed by atoms with Gasteiger partial charge in [0, 0.05) is 17.2 Å². The third-order valence-corrected chi connectivity index (χ3v) is 3.98. The predicted molar refractivity (Wildman–Crippen MR) is 96.8 cm³/mol. The molecular formula is C17H17ClFN5O. The van der Waals surface area contributed by atoms with Crippen molar-refractivity contribution in [1.29, 1.82) is 0 Å². The van der Waals surface area contributed by atoms with E-state index >= 15 is 0 Å². The number of hydrogen-bond donors (Lipinski definition) is 3. The van der Waals surface area contributed by atoms with Crippen molar-refractivity contribution in [3.63, 3.8) is 0 Å². The van der Waals surface area contributed by atoms with Crippen LogP contribution in [0.2, 0.25) is 5.02 Å². The average Bonchev–Trinajstić information content (AvgIpc) is 2.89. The standard InChI is InChI=1S/C17H17ClFN5O/c1-17(2,3)15(25)24-16-22-13(9-6-8(19)4-5-10(9)18)12-11(20)7-21-14(12)23-16/h4-7H,20H2,1-3H3,(H2,21,22,23,24,25). The number of nitrogens with two attached hydrogens (primary N) is 1. The quantitative estimate of drug-likeness (QED) is 0.643. The van der Waals surface area contributed by atoms with Gasteiger partial charge in [0.25, 0.3) is 0 Å². The highest BCUT2D eigenvalue weighted by molar-refractivity contribution is 6.33. The zero-order chi connectivity index (χ0) is 18.4. The van der Waals surface area contributed by atoms with Gasteiger partial charge in [0.15, 0.2) is 0 Å². The molecule has 0 bridgehead atoms. The van der Waals surface area contributed by atoms with Crippen LogP contribution in [0.4, 0.5) is 16.0 Å². The van der Waals surface area contributed by atoms with Crippen LogP contribution in [0.1, 0.15) is 20.8 Å². The predicted octanol–water partition coefficient (Wildman–Crippen LogP) is 3.98. The molecule has 2 heterocycles. The first-order chi connectivity index (χ1) is 11.7. The van der Waals surface area contributed by atoms with Crippen molar-refractivity contribution in [1.82, 2.24) is 15.0 Å². The van der Waals surface area contributed by atoms with E-state index in [2.05, 4.69) is 20.3 Å². The molecule has 0 fully saturated rings. The Labute approximate surface area is 148 Å². The van der Waals surface area contributed by atoms with E-state index in [1.165, 1.54) is 18.2 Å². The fourth-order valence-corrected chi connectivity index (χ4v) is 2.48. The number of carbonyl (C=O) groups excluding carboxylic acids is 1. The summed E-state index contributed by atoms with van der Waals surface area (Å²) in [5, 5.41) is 3.50. The van der Waals surface area contributed by atoms with Crippen molar-refractivity contribution in [2.45, 2.75) is 20.8 Å². The second kappa shape index (κ2) is 6.00. The molecule has 25 heavy (non-hydrogen) atoms. The zero-order valence-corrected chi connectivity index (χ0v) is 14.7. The Morgan fingerprint density at radius 3 is 2.72 bits per heavy atom. The van der Waals surface area contributed by atoms with E-state index < -0.39 is 11.2 Å². The number of nitrogen functional groups attached to an aromatic ring is 1. The molecule has 6 nitrogen and oxygen atoms in total. The van der Waals surface area contributed by atoms with Gasteiger partial charge < -0.3 is 10.7 Å². The van der Waals surface area contributed by atoms with Crippen LogP contribution in [0.15, 0.2) is 24.4 Å². The fourth-order valence-electron chi connectivity index (χ4n) is 2.28. The minimum absolute atomic E-state index is 0.0876. The molecule has 8 heteroatoms. The van der Waals surface area contributed by atoms with Gasteiger partial charge in [-0.3, -0.25) is 10.1 Å². The molecule has 3 rings (SSSR count). The lowest BCUT2D eigenvalue weighted by Crippen LogP contribution is -2.28. The molecule has 0 aliphatic rings. The maximum atomic E-state index is 13.7. The Morgan fingerprint density at radius 1 is 1.32 bits per heavy atom. The van der Waals surface area contributed by atoms with Gasteiger partial charge in [-0.2, -0.15) is 4.98 Å². The summed E-state index contributed by atoms with van der Waals surface area (Å²) in [6.07, 6.45) is 1.56. The molecule has 2 aromatic heterocycles. The topological polar surface area (TPSA) is 96.7 Å². The Kier molecular flexibility index (Phi) is 4.12. The van der Waals surface area contributed by atoms with Crippen LogP contribution in [0.5, 0.6) is 0 Å². The molecule has 0 saturated carbocycles. The third-order valence-electron chi connectivity index (χ3n) is 3.65. The summed E-state index contributed by atoms with van der Waals surface area (Å²) in [7, 11) is 0. The van der Waals surface area contributed by atoms with Crippen molar-refractivity contribution >= 4 is 40.2 Å². The molecule has 4 N–H and O–H groups in total. The minimum atomic E-state index is -0.621. The van der Waals surface area contributed by atoms with E-state index in [9.17, 15) is 9.18 Å². The molecule has 1 aromatic carbocycles. The summed E-state index contributed by atoms with van der Waals surface area (Å²) in [4.78, 5) is 23.8. The molecule has 0 atom stereocenters. The van der Waals surface area contributed by atoms with Crippen molar-refractivity contribution in [2.24, 2.45) is 5.41 Å². The first-order valence-corrected chi connectivity index (χ1v) is 7.96. The second-order valence-electron chi connectivity index (χ2n) is 6.69. The number of nitrogens with one attached hydrogen (secondary N) is 2. The highest BCUT2D eigenvalue weighted by atomic mass is 35.5. The molecule has 0 saturated heterocycles. The second-order valence-corrected chi connectivity index (χ2v) is 7.10. The van der Waals surface area contributed by atoms with Crippen LogP contribution >= 0.6 is 11.6 Å². The smallest absolute Gasteiger partial charge is 0.232 e. The van der Waals surface area contributed by atoms with E-state index in [-0.39, 0.29) is 11.9 Å². The average molecular weight is 362 g/mol. The van der Waals surface area contributed by atoms with Crippen molar-refractivity contribution in [3.05, 3.63) is 35.2 Å². The number of halogens is 2. The van der Waals surface area contributed by atoms with Crippen LogP contribution < -0.4 is 11.1 Å². The first kappa shape index (κ1) is 17.2. The highest BCUT2D eigenvalue weighted by Crippen LogP contribution is 2.35. The molecule has 0 unspecified atom stereocenters. The zero-order valence-electron chi connectivity index (χ0n) is 13.9. The number of amides is 1. The Bertz CT molecular complexity index is 977. The third kappa shape index (κ3) is 3.28. The number of anilines is 2. The van der Waals surface area contributed by atoms with Crippen LogP contribution in [-0.2, 0) is 4.79 Å². The van der Waals surface area contributed by atoms with Crippen molar-refractivity contribution < 1.29 is 9.18 Å². The molecule has 0 aliphatic carbocycles. The SMILES string of the molecule is CC(C)(C)C(=O)Nc1nc(-c2cc(F)ccc2Cl)c2c(N)c[nH]c2n1. The van der Waals surface area contributed by atoms with Crippen LogP contribution in [-0.4, -0.2) is 20.9 Å². The Balaban J connectivity index is 2.21. The lowest BCUT2D eigenvalue weighted by molar-refractivity contribution is -0.123.